The number of hydrogen-bond donors (Lipinski definition) is 3. The van der Waals surface area contributed by atoms with Crippen LogP contribution in [0.1, 0.15) is 19.3 Å². The van der Waals surface area contributed by atoms with Crippen LogP contribution < -0.4 is 5.32 Å². The SMILES string of the molecule is CN1CCCC(CNC(CO)CCO)C1. The first-order valence-corrected chi connectivity index (χ1v) is 5.90. The molecule has 2 unspecified atom stereocenters. The first-order chi connectivity index (χ1) is 7.26. The highest BCUT2D eigenvalue weighted by Gasteiger charge is 2.17. The molecule has 0 amide bonds. The van der Waals surface area contributed by atoms with Crippen molar-refractivity contribution < 1.29 is 10.2 Å². The van der Waals surface area contributed by atoms with Gasteiger partial charge < -0.3 is 20.4 Å². The first-order valence-electron chi connectivity index (χ1n) is 5.90. The third-order valence-corrected chi connectivity index (χ3v) is 3.12. The lowest BCUT2D eigenvalue weighted by Crippen LogP contribution is -2.42. The molecule has 2 atom stereocenters. The molecule has 0 radical (unpaired) electrons. The predicted molar refractivity (Wildman–Crippen MR) is 60.8 cm³/mol. The highest BCUT2D eigenvalue weighted by atomic mass is 16.3. The number of aliphatic hydroxyl groups is 2. The summed E-state index contributed by atoms with van der Waals surface area (Å²) in [5.74, 6) is 0.691. The third kappa shape index (κ3) is 4.93. The van der Waals surface area contributed by atoms with Gasteiger partial charge in [0.1, 0.15) is 0 Å². The van der Waals surface area contributed by atoms with Crippen molar-refractivity contribution in [3.05, 3.63) is 0 Å². The van der Waals surface area contributed by atoms with Gasteiger partial charge >= 0.3 is 0 Å². The molecule has 0 bridgehead atoms. The topological polar surface area (TPSA) is 55.7 Å². The molecular weight excluding hydrogens is 192 g/mol. The van der Waals surface area contributed by atoms with Crippen LogP contribution in [0, 0.1) is 5.92 Å². The smallest absolute Gasteiger partial charge is 0.0585 e. The van der Waals surface area contributed by atoms with Crippen molar-refractivity contribution in [3.8, 4) is 0 Å². The zero-order valence-electron chi connectivity index (χ0n) is 9.65. The molecule has 90 valence electrons. The number of likely N-dealkylation sites (tertiary alicyclic amines) is 1. The van der Waals surface area contributed by atoms with Crippen LogP contribution in [0.15, 0.2) is 0 Å². The summed E-state index contributed by atoms with van der Waals surface area (Å²) in [6.07, 6.45) is 3.18. The molecule has 3 N–H and O–H groups in total. The lowest BCUT2D eigenvalue weighted by Gasteiger charge is -2.30. The Morgan fingerprint density at radius 1 is 1.47 bits per heavy atom. The second kappa shape index (κ2) is 7.17. The van der Waals surface area contributed by atoms with E-state index in [4.69, 9.17) is 10.2 Å². The molecule has 1 aliphatic heterocycles. The Morgan fingerprint density at radius 2 is 2.27 bits per heavy atom. The van der Waals surface area contributed by atoms with Crippen molar-refractivity contribution in [2.24, 2.45) is 5.92 Å². The van der Waals surface area contributed by atoms with Crippen molar-refractivity contribution in [1.29, 1.82) is 0 Å². The maximum atomic E-state index is 9.05. The van der Waals surface area contributed by atoms with Crippen molar-refractivity contribution >= 4 is 0 Å². The lowest BCUT2D eigenvalue weighted by molar-refractivity contribution is 0.174. The molecule has 1 aliphatic rings. The average Bonchev–Trinajstić information content (AvgIpc) is 2.24. The maximum Gasteiger partial charge on any atom is 0.0585 e. The van der Waals surface area contributed by atoms with Crippen LogP contribution >= 0.6 is 0 Å². The second-order valence-electron chi connectivity index (χ2n) is 4.57. The Balaban J connectivity index is 2.16. The minimum atomic E-state index is 0.0576. The van der Waals surface area contributed by atoms with Gasteiger partial charge in [-0.3, -0.25) is 0 Å². The van der Waals surface area contributed by atoms with Crippen molar-refractivity contribution in [2.75, 3.05) is 39.9 Å². The number of nitrogens with one attached hydrogen (secondary N) is 1. The molecule has 4 heteroatoms. The van der Waals surface area contributed by atoms with Gasteiger partial charge in [-0.1, -0.05) is 0 Å². The molecule has 0 aromatic carbocycles. The van der Waals surface area contributed by atoms with E-state index in [9.17, 15) is 0 Å². The van der Waals surface area contributed by atoms with Gasteiger partial charge in [0.25, 0.3) is 0 Å². The molecule has 0 aliphatic carbocycles. The number of hydrogen-bond acceptors (Lipinski definition) is 4. The summed E-state index contributed by atoms with van der Waals surface area (Å²) >= 11 is 0. The zero-order chi connectivity index (χ0) is 11.1. The van der Waals surface area contributed by atoms with E-state index in [0.29, 0.717) is 12.3 Å². The summed E-state index contributed by atoms with van der Waals surface area (Å²) in [5.41, 5.74) is 0. The summed E-state index contributed by atoms with van der Waals surface area (Å²) < 4.78 is 0. The Hall–Kier alpha value is -0.160. The van der Waals surface area contributed by atoms with Gasteiger partial charge in [0.2, 0.25) is 0 Å². The number of nitrogens with zero attached hydrogens (tertiary/aromatic N) is 1. The van der Waals surface area contributed by atoms with Gasteiger partial charge in [0.05, 0.1) is 6.61 Å². The summed E-state index contributed by atoms with van der Waals surface area (Å²) in [4.78, 5) is 2.36. The Morgan fingerprint density at radius 3 is 2.87 bits per heavy atom. The Bertz CT molecular complexity index is 167. The van der Waals surface area contributed by atoms with Crippen LogP contribution in [0.25, 0.3) is 0 Å². The number of rotatable bonds is 6. The average molecular weight is 216 g/mol. The normalized spacial score (nSPS) is 25.4. The molecular formula is C11H24N2O2. The van der Waals surface area contributed by atoms with Crippen LogP contribution in [-0.2, 0) is 0 Å². The minimum absolute atomic E-state index is 0.0576. The zero-order valence-corrected chi connectivity index (χ0v) is 9.65. The van der Waals surface area contributed by atoms with E-state index in [2.05, 4.69) is 17.3 Å². The van der Waals surface area contributed by atoms with E-state index in [0.717, 1.165) is 13.1 Å². The molecule has 4 nitrogen and oxygen atoms in total. The lowest BCUT2D eigenvalue weighted by atomic mass is 9.98. The van der Waals surface area contributed by atoms with Gasteiger partial charge in [-0.2, -0.15) is 0 Å². The molecule has 0 aromatic rings. The fourth-order valence-corrected chi connectivity index (χ4v) is 2.19. The van der Waals surface area contributed by atoms with Crippen LogP contribution in [0.2, 0.25) is 0 Å². The largest absolute Gasteiger partial charge is 0.396 e. The number of piperidine rings is 1. The number of aliphatic hydroxyl groups excluding tert-OH is 2. The maximum absolute atomic E-state index is 9.05. The molecule has 0 aromatic heterocycles. The first kappa shape index (κ1) is 12.9. The molecule has 0 spiro atoms. The van der Waals surface area contributed by atoms with E-state index < -0.39 is 0 Å². The van der Waals surface area contributed by atoms with E-state index in [1.807, 2.05) is 0 Å². The fourth-order valence-electron chi connectivity index (χ4n) is 2.19. The van der Waals surface area contributed by atoms with Gasteiger partial charge in [-0.25, -0.2) is 0 Å². The highest BCUT2D eigenvalue weighted by Crippen LogP contribution is 2.14. The van der Waals surface area contributed by atoms with Gasteiger partial charge in [-0.05, 0) is 45.3 Å². The van der Waals surface area contributed by atoms with Crippen LogP contribution in [0.5, 0.6) is 0 Å². The van der Waals surface area contributed by atoms with E-state index in [-0.39, 0.29) is 19.3 Å². The van der Waals surface area contributed by atoms with Crippen molar-refractivity contribution in [2.45, 2.75) is 25.3 Å². The van der Waals surface area contributed by atoms with E-state index >= 15 is 0 Å². The Kier molecular flexibility index (Phi) is 6.17. The van der Waals surface area contributed by atoms with Gasteiger partial charge in [0, 0.05) is 19.2 Å². The van der Waals surface area contributed by atoms with Crippen LogP contribution in [0.4, 0.5) is 0 Å². The van der Waals surface area contributed by atoms with E-state index in [1.54, 1.807) is 0 Å². The monoisotopic (exact) mass is 216 g/mol. The quantitative estimate of drug-likeness (QED) is 0.569. The molecule has 1 rings (SSSR count). The third-order valence-electron chi connectivity index (χ3n) is 3.12. The summed E-state index contributed by atoms with van der Waals surface area (Å²) in [6.45, 7) is 3.56. The molecule has 1 saturated heterocycles. The standard InChI is InChI=1S/C11H24N2O2/c1-13-5-2-3-10(8-13)7-12-11(9-15)4-6-14/h10-12,14-15H,2-9H2,1H3. The minimum Gasteiger partial charge on any atom is -0.396 e. The summed E-state index contributed by atoms with van der Waals surface area (Å²) in [5, 5.41) is 21.2. The predicted octanol–water partition coefficient (Wildman–Crippen LogP) is -0.339. The Labute approximate surface area is 92.3 Å². The fraction of sp³-hybridized carbons (Fsp3) is 1.00. The van der Waals surface area contributed by atoms with Gasteiger partial charge in [0.15, 0.2) is 0 Å². The van der Waals surface area contributed by atoms with Crippen LogP contribution in [-0.4, -0.2) is 61.1 Å². The molecule has 15 heavy (non-hydrogen) atoms. The molecule has 1 heterocycles. The molecule has 1 fully saturated rings. The summed E-state index contributed by atoms with van der Waals surface area (Å²) in [7, 11) is 2.16. The summed E-state index contributed by atoms with van der Waals surface area (Å²) in [6, 6.07) is 0.0576. The van der Waals surface area contributed by atoms with Crippen LogP contribution in [0.3, 0.4) is 0 Å². The molecule has 0 saturated carbocycles. The highest BCUT2D eigenvalue weighted by molar-refractivity contribution is 4.75. The van der Waals surface area contributed by atoms with E-state index in [1.165, 1.54) is 19.4 Å². The van der Waals surface area contributed by atoms with Gasteiger partial charge in [-0.15, -0.1) is 0 Å². The second-order valence-corrected chi connectivity index (χ2v) is 4.57. The van der Waals surface area contributed by atoms with Crippen molar-refractivity contribution in [3.63, 3.8) is 0 Å². The van der Waals surface area contributed by atoms with Crippen molar-refractivity contribution in [1.82, 2.24) is 10.2 Å².